The summed E-state index contributed by atoms with van der Waals surface area (Å²) in [7, 11) is -3.26. The largest absolute Gasteiger partial charge is 0.416 e. The molecule has 1 aromatic heterocycles. The lowest BCUT2D eigenvalue weighted by Gasteiger charge is -2.17. The van der Waals surface area contributed by atoms with Crippen molar-refractivity contribution >= 4 is 38.6 Å². The second-order valence-electron chi connectivity index (χ2n) is 7.23. The third-order valence-electron chi connectivity index (χ3n) is 4.89. The Morgan fingerprint density at radius 3 is 2.38 bits per heavy atom. The standard InChI is InChI=1S/C21H18F3N3O3S2/c22-21(23,24)15-4-2-14(3-5-15)20-26-17(13-31-20)12-19(28)25-16-6-8-18(9-7-16)27-10-1-11-32(27,29)30/h2-9,13H,1,10-12H2,(H,25,28). The van der Waals surface area contributed by atoms with E-state index in [-0.39, 0.29) is 18.1 Å². The number of hydrogen-bond acceptors (Lipinski definition) is 5. The number of halogens is 3. The van der Waals surface area contributed by atoms with E-state index in [1.165, 1.54) is 27.8 Å². The summed E-state index contributed by atoms with van der Waals surface area (Å²) in [6.07, 6.45) is -3.81. The Bertz CT molecular complexity index is 1220. The van der Waals surface area contributed by atoms with E-state index in [0.717, 1.165) is 12.1 Å². The number of alkyl halides is 3. The average Bonchev–Trinajstić information content (AvgIpc) is 3.34. The molecule has 1 N–H and O–H groups in total. The first-order valence-electron chi connectivity index (χ1n) is 9.64. The quantitative estimate of drug-likeness (QED) is 0.580. The van der Waals surface area contributed by atoms with Crippen LogP contribution in [0.25, 0.3) is 10.6 Å². The summed E-state index contributed by atoms with van der Waals surface area (Å²) in [6, 6.07) is 11.3. The number of thiazole rings is 1. The highest BCUT2D eigenvalue weighted by Crippen LogP contribution is 2.32. The van der Waals surface area contributed by atoms with Gasteiger partial charge in [0.1, 0.15) is 5.01 Å². The smallest absolute Gasteiger partial charge is 0.326 e. The summed E-state index contributed by atoms with van der Waals surface area (Å²) in [5.74, 6) is -0.177. The zero-order chi connectivity index (χ0) is 22.9. The van der Waals surface area contributed by atoms with Crippen molar-refractivity contribution in [1.29, 1.82) is 0 Å². The van der Waals surface area contributed by atoms with Crippen molar-refractivity contribution in [2.75, 3.05) is 21.9 Å². The number of amides is 1. The van der Waals surface area contributed by atoms with Crippen LogP contribution < -0.4 is 9.62 Å². The monoisotopic (exact) mass is 481 g/mol. The molecule has 4 rings (SSSR count). The second-order valence-corrected chi connectivity index (χ2v) is 10.1. The molecule has 0 unspecified atom stereocenters. The maximum absolute atomic E-state index is 12.7. The Kier molecular flexibility index (Phi) is 5.95. The lowest BCUT2D eigenvalue weighted by atomic mass is 10.1. The van der Waals surface area contributed by atoms with Gasteiger partial charge in [-0.1, -0.05) is 12.1 Å². The van der Waals surface area contributed by atoms with Gasteiger partial charge in [-0.15, -0.1) is 11.3 Å². The van der Waals surface area contributed by atoms with E-state index >= 15 is 0 Å². The number of rotatable bonds is 5. The van der Waals surface area contributed by atoms with E-state index in [1.807, 2.05) is 0 Å². The molecule has 1 aliphatic heterocycles. The summed E-state index contributed by atoms with van der Waals surface area (Å²) in [5.41, 5.74) is 1.39. The van der Waals surface area contributed by atoms with E-state index in [9.17, 15) is 26.4 Å². The van der Waals surface area contributed by atoms with E-state index in [1.54, 1.807) is 29.6 Å². The maximum atomic E-state index is 12.7. The molecule has 11 heteroatoms. The number of aromatic nitrogens is 1. The summed E-state index contributed by atoms with van der Waals surface area (Å²) in [6.45, 7) is 0.444. The average molecular weight is 482 g/mol. The predicted molar refractivity (Wildman–Crippen MR) is 117 cm³/mol. The molecule has 2 aromatic carbocycles. The molecule has 0 bridgehead atoms. The first-order chi connectivity index (χ1) is 15.1. The number of anilines is 2. The van der Waals surface area contributed by atoms with Crippen molar-refractivity contribution in [3.05, 3.63) is 65.2 Å². The van der Waals surface area contributed by atoms with Gasteiger partial charge in [-0.3, -0.25) is 9.10 Å². The van der Waals surface area contributed by atoms with Gasteiger partial charge in [0.15, 0.2) is 0 Å². The minimum atomic E-state index is -4.40. The van der Waals surface area contributed by atoms with Crippen molar-refractivity contribution in [3.8, 4) is 10.6 Å². The van der Waals surface area contributed by atoms with Crippen molar-refractivity contribution in [2.24, 2.45) is 0 Å². The Balaban J connectivity index is 1.37. The second kappa shape index (κ2) is 8.55. The van der Waals surface area contributed by atoms with Gasteiger partial charge in [-0.2, -0.15) is 13.2 Å². The first kappa shape index (κ1) is 22.3. The molecule has 1 fully saturated rings. The van der Waals surface area contributed by atoms with E-state index < -0.39 is 21.8 Å². The van der Waals surface area contributed by atoms with Crippen LogP contribution >= 0.6 is 11.3 Å². The van der Waals surface area contributed by atoms with Crippen molar-refractivity contribution < 1.29 is 26.4 Å². The molecule has 3 aromatic rings. The third-order valence-corrected chi connectivity index (χ3v) is 7.70. The van der Waals surface area contributed by atoms with Gasteiger partial charge in [0.25, 0.3) is 0 Å². The third kappa shape index (κ3) is 4.94. The van der Waals surface area contributed by atoms with E-state index in [2.05, 4.69) is 10.3 Å². The Hall–Kier alpha value is -2.92. The van der Waals surface area contributed by atoms with Gasteiger partial charge in [0.2, 0.25) is 15.9 Å². The topological polar surface area (TPSA) is 79.4 Å². The molecule has 2 heterocycles. The molecule has 1 saturated heterocycles. The number of carbonyl (C=O) groups excluding carboxylic acids is 1. The van der Waals surface area contributed by atoms with Gasteiger partial charge in [-0.05, 0) is 42.8 Å². The van der Waals surface area contributed by atoms with Gasteiger partial charge < -0.3 is 5.32 Å². The molecule has 32 heavy (non-hydrogen) atoms. The van der Waals surface area contributed by atoms with Crippen LogP contribution in [0.4, 0.5) is 24.5 Å². The van der Waals surface area contributed by atoms with Crippen LogP contribution in [0, 0.1) is 0 Å². The summed E-state index contributed by atoms with van der Waals surface area (Å²) in [4.78, 5) is 16.7. The molecule has 0 atom stereocenters. The van der Waals surface area contributed by atoms with Crippen LogP contribution in [0.1, 0.15) is 17.7 Å². The van der Waals surface area contributed by atoms with Gasteiger partial charge >= 0.3 is 6.18 Å². The first-order valence-corrected chi connectivity index (χ1v) is 12.1. The predicted octanol–water partition coefficient (Wildman–Crippen LogP) is 4.55. The zero-order valence-electron chi connectivity index (χ0n) is 16.6. The number of hydrogen-bond donors (Lipinski definition) is 1. The number of nitrogens with one attached hydrogen (secondary N) is 1. The number of nitrogens with zero attached hydrogens (tertiary/aromatic N) is 2. The molecule has 168 valence electrons. The highest BCUT2D eigenvalue weighted by atomic mass is 32.2. The normalized spacial score (nSPS) is 15.7. The Morgan fingerprint density at radius 1 is 1.09 bits per heavy atom. The number of sulfonamides is 1. The zero-order valence-corrected chi connectivity index (χ0v) is 18.2. The SMILES string of the molecule is O=C(Cc1csc(-c2ccc(C(F)(F)F)cc2)n1)Nc1ccc(N2CCCS2(=O)=O)cc1. The Morgan fingerprint density at radius 2 is 1.78 bits per heavy atom. The van der Waals surface area contributed by atoms with Crippen molar-refractivity contribution in [3.63, 3.8) is 0 Å². The summed E-state index contributed by atoms with van der Waals surface area (Å²) >= 11 is 1.25. The van der Waals surface area contributed by atoms with Crippen LogP contribution in [0.3, 0.4) is 0 Å². The van der Waals surface area contributed by atoms with Crippen LogP contribution in [0.5, 0.6) is 0 Å². The van der Waals surface area contributed by atoms with E-state index in [0.29, 0.717) is 40.6 Å². The molecule has 0 radical (unpaired) electrons. The van der Waals surface area contributed by atoms with Crippen LogP contribution in [-0.2, 0) is 27.4 Å². The minimum Gasteiger partial charge on any atom is -0.326 e. The van der Waals surface area contributed by atoms with E-state index in [4.69, 9.17) is 0 Å². The van der Waals surface area contributed by atoms with Crippen molar-refractivity contribution in [2.45, 2.75) is 19.0 Å². The van der Waals surface area contributed by atoms with Gasteiger partial charge in [0, 0.05) is 23.2 Å². The fraction of sp³-hybridized carbons (Fsp3) is 0.238. The van der Waals surface area contributed by atoms with Crippen molar-refractivity contribution in [1.82, 2.24) is 4.98 Å². The summed E-state index contributed by atoms with van der Waals surface area (Å²) < 4.78 is 63.4. The number of carbonyl (C=O) groups is 1. The lowest BCUT2D eigenvalue weighted by Crippen LogP contribution is -2.25. The summed E-state index contributed by atoms with van der Waals surface area (Å²) in [5, 5.41) is 4.95. The molecule has 6 nitrogen and oxygen atoms in total. The molecular weight excluding hydrogens is 463 g/mol. The molecule has 0 spiro atoms. The maximum Gasteiger partial charge on any atom is 0.416 e. The Labute approximate surface area is 186 Å². The highest BCUT2D eigenvalue weighted by molar-refractivity contribution is 7.93. The van der Waals surface area contributed by atoms with Crippen LogP contribution in [0.15, 0.2) is 53.9 Å². The van der Waals surface area contributed by atoms with Crippen LogP contribution in [-0.4, -0.2) is 31.6 Å². The number of benzene rings is 2. The fourth-order valence-corrected chi connectivity index (χ4v) is 5.72. The van der Waals surface area contributed by atoms with Gasteiger partial charge in [-0.25, -0.2) is 13.4 Å². The highest BCUT2D eigenvalue weighted by Gasteiger charge is 2.30. The fourth-order valence-electron chi connectivity index (χ4n) is 3.33. The van der Waals surface area contributed by atoms with Gasteiger partial charge in [0.05, 0.1) is 29.1 Å². The van der Waals surface area contributed by atoms with Crippen LogP contribution in [0.2, 0.25) is 0 Å². The molecule has 0 aliphatic carbocycles. The molecule has 0 saturated carbocycles. The minimum absolute atomic E-state index is 0.000605. The molecule has 1 aliphatic rings. The molecular formula is C21H18F3N3O3S2. The molecule has 1 amide bonds. The lowest BCUT2D eigenvalue weighted by molar-refractivity contribution is -0.137.